The van der Waals surface area contributed by atoms with Crippen molar-refractivity contribution in [3.63, 3.8) is 0 Å². The molecule has 2 amide bonds. The van der Waals surface area contributed by atoms with Crippen molar-refractivity contribution in [2.75, 3.05) is 12.4 Å². The molecule has 0 fully saturated rings. The lowest BCUT2D eigenvalue weighted by molar-refractivity contribution is 0.220. The van der Waals surface area contributed by atoms with E-state index in [2.05, 4.69) is 10.3 Å². The highest BCUT2D eigenvalue weighted by atomic mass is 35.5. The first kappa shape index (κ1) is 19.3. The molecule has 1 heterocycles. The summed E-state index contributed by atoms with van der Waals surface area (Å²) >= 11 is 7.67. The first-order valence-corrected chi connectivity index (χ1v) is 9.86. The fourth-order valence-electron chi connectivity index (χ4n) is 2.53. The normalized spacial score (nSPS) is 10.4. The quantitative estimate of drug-likeness (QED) is 0.543. The third-order valence-electron chi connectivity index (χ3n) is 3.86. The smallest absolute Gasteiger partial charge is 0.321 e. The number of hydrogen-bond donors (Lipinski definition) is 1. The average Bonchev–Trinajstić information content (AvgIpc) is 2.67. The van der Waals surface area contributed by atoms with Crippen molar-refractivity contribution in [1.29, 1.82) is 0 Å². The molecule has 27 heavy (non-hydrogen) atoms. The van der Waals surface area contributed by atoms with Gasteiger partial charge >= 0.3 is 6.03 Å². The van der Waals surface area contributed by atoms with Crippen LogP contribution < -0.4 is 5.32 Å². The zero-order chi connectivity index (χ0) is 19.1. The molecule has 0 aliphatic carbocycles. The SMILES string of the molecule is CN(Cc1cccc(Cl)c1)C(=O)Nc1cccc(CSc2ccccn2)c1. The molecule has 0 unspecified atom stereocenters. The van der Waals surface area contributed by atoms with Gasteiger partial charge in [-0.05, 0) is 47.5 Å². The van der Waals surface area contributed by atoms with Crippen molar-refractivity contribution < 1.29 is 4.79 Å². The average molecular weight is 398 g/mol. The molecule has 3 aromatic rings. The number of anilines is 1. The molecule has 0 saturated heterocycles. The predicted octanol–water partition coefficient (Wildman–Crippen LogP) is 5.69. The zero-order valence-corrected chi connectivity index (χ0v) is 16.5. The van der Waals surface area contributed by atoms with Crippen molar-refractivity contribution in [1.82, 2.24) is 9.88 Å². The molecular weight excluding hydrogens is 378 g/mol. The van der Waals surface area contributed by atoms with Gasteiger partial charge in [0.25, 0.3) is 0 Å². The van der Waals surface area contributed by atoms with E-state index in [9.17, 15) is 4.79 Å². The molecule has 0 aliphatic heterocycles. The van der Waals surface area contributed by atoms with Crippen LogP contribution in [0.1, 0.15) is 11.1 Å². The van der Waals surface area contributed by atoms with Crippen LogP contribution >= 0.6 is 23.4 Å². The third-order valence-corrected chi connectivity index (χ3v) is 5.11. The van der Waals surface area contributed by atoms with E-state index in [1.807, 2.05) is 66.7 Å². The lowest BCUT2D eigenvalue weighted by atomic mass is 10.2. The van der Waals surface area contributed by atoms with Crippen molar-refractivity contribution in [2.24, 2.45) is 0 Å². The third kappa shape index (κ3) is 6.01. The van der Waals surface area contributed by atoms with E-state index in [-0.39, 0.29) is 6.03 Å². The van der Waals surface area contributed by atoms with Crippen LogP contribution in [0.15, 0.2) is 78.0 Å². The monoisotopic (exact) mass is 397 g/mol. The number of nitrogens with one attached hydrogen (secondary N) is 1. The molecule has 1 aromatic heterocycles. The van der Waals surface area contributed by atoms with Gasteiger partial charge in [0.2, 0.25) is 0 Å². The van der Waals surface area contributed by atoms with E-state index >= 15 is 0 Å². The largest absolute Gasteiger partial charge is 0.323 e. The summed E-state index contributed by atoms with van der Waals surface area (Å²) in [7, 11) is 1.76. The molecule has 2 aromatic carbocycles. The molecular formula is C21H20ClN3OS. The summed E-state index contributed by atoms with van der Waals surface area (Å²) in [5.74, 6) is 0.791. The van der Waals surface area contributed by atoms with Gasteiger partial charge in [-0.15, -0.1) is 11.8 Å². The molecule has 0 spiro atoms. The Kier molecular flexibility index (Phi) is 6.74. The number of thioether (sulfide) groups is 1. The Balaban J connectivity index is 1.57. The van der Waals surface area contributed by atoms with Crippen LogP contribution in [0.25, 0.3) is 0 Å². The Bertz CT molecular complexity index is 905. The number of halogens is 1. The van der Waals surface area contributed by atoms with Gasteiger partial charge in [0.15, 0.2) is 0 Å². The van der Waals surface area contributed by atoms with Gasteiger partial charge in [-0.1, -0.05) is 41.9 Å². The fraction of sp³-hybridized carbons (Fsp3) is 0.143. The van der Waals surface area contributed by atoms with Crippen molar-refractivity contribution in [2.45, 2.75) is 17.3 Å². The van der Waals surface area contributed by atoms with E-state index in [1.54, 1.807) is 29.9 Å². The van der Waals surface area contributed by atoms with E-state index in [0.29, 0.717) is 11.6 Å². The first-order valence-electron chi connectivity index (χ1n) is 8.49. The summed E-state index contributed by atoms with van der Waals surface area (Å²) < 4.78 is 0. The van der Waals surface area contributed by atoms with Crippen LogP contribution in [-0.2, 0) is 12.3 Å². The number of urea groups is 1. The van der Waals surface area contributed by atoms with Crippen LogP contribution in [0.3, 0.4) is 0 Å². The maximum absolute atomic E-state index is 12.5. The van der Waals surface area contributed by atoms with E-state index in [4.69, 9.17) is 11.6 Å². The van der Waals surface area contributed by atoms with Gasteiger partial charge in [0.1, 0.15) is 0 Å². The summed E-state index contributed by atoms with van der Waals surface area (Å²) in [6.07, 6.45) is 1.79. The van der Waals surface area contributed by atoms with E-state index in [0.717, 1.165) is 27.6 Å². The molecule has 138 valence electrons. The maximum atomic E-state index is 12.5. The Labute approximate surface area is 168 Å². The van der Waals surface area contributed by atoms with Crippen molar-refractivity contribution in [3.8, 4) is 0 Å². The lowest BCUT2D eigenvalue weighted by Gasteiger charge is -2.18. The number of pyridine rings is 1. The number of carbonyl (C=O) groups is 1. The van der Waals surface area contributed by atoms with Gasteiger partial charge < -0.3 is 10.2 Å². The molecule has 3 rings (SSSR count). The molecule has 4 nitrogen and oxygen atoms in total. The molecule has 0 bridgehead atoms. The van der Waals surface area contributed by atoms with Crippen LogP contribution in [0.5, 0.6) is 0 Å². The Morgan fingerprint density at radius 1 is 1.07 bits per heavy atom. The lowest BCUT2D eigenvalue weighted by Crippen LogP contribution is -2.30. The van der Waals surface area contributed by atoms with Gasteiger partial charge in [0.05, 0.1) is 5.03 Å². The first-order chi connectivity index (χ1) is 13.1. The van der Waals surface area contributed by atoms with Crippen LogP contribution in [-0.4, -0.2) is 23.0 Å². The van der Waals surface area contributed by atoms with Crippen molar-refractivity contribution in [3.05, 3.63) is 89.1 Å². The second-order valence-electron chi connectivity index (χ2n) is 6.07. The molecule has 0 radical (unpaired) electrons. The zero-order valence-electron chi connectivity index (χ0n) is 14.9. The summed E-state index contributed by atoms with van der Waals surface area (Å²) in [4.78, 5) is 18.4. The highest BCUT2D eigenvalue weighted by Gasteiger charge is 2.10. The minimum atomic E-state index is -0.162. The summed E-state index contributed by atoms with van der Waals surface area (Å²) in [5.41, 5.74) is 2.89. The molecule has 1 N–H and O–H groups in total. The summed E-state index contributed by atoms with van der Waals surface area (Å²) in [6.45, 7) is 0.488. The topological polar surface area (TPSA) is 45.2 Å². The Morgan fingerprint density at radius 2 is 1.89 bits per heavy atom. The second kappa shape index (κ2) is 9.44. The van der Waals surface area contributed by atoms with Crippen molar-refractivity contribution >= 4 is 35.1 Å². The minimum absolute atomic E-state index is 0.162. The Hall–Kier alpha value is -2.50. The molecule has 0 saturated carbocycles. The summed E-state index contributed by atoms with van der Waals surface area (Å²) in [6, 6.07) is 21.1. The number of amides is 2. The van der Waals surface area contributed by atoms with Crippen LogP contribution in [0, 0.1) is 0 Å². The predicted molar refractivity (Wildman–Crippen MR) is 112 cm³/mol. The van der Waals surface area contributed by atoms with Gasteiger partial charge in [-0.25, -0.2) is 9.78 Å². The number of carbonyl (C=O) groups excluding carboxylic acids is 1. The van der Waals surface area contributed by atoms with Gasteiger partial charge in [0, 0.05) is 36.3 Å². The van der Waals surface area contributed by atoms with Gasteiger partial charge in [-0.3, -0.25) is 0 Å². The maximum Gasteiger partial charge on any atom is 0.321 e. The fourth-order valence-corrected chi connectivity index (χ4v) is 3.55. The van der Waals surface area contributed by atoms with E-state index in [1.165, 1.54) is 0 Å². The van der Waals surface area contributed by atoms with Gasteiger partial charge in [-0.2, -0.15) is 0 Å². The molecule has 6 heteroatoms. The molecule has 0 atom stereocenters. The summed E-state index contributed by atoms with van der Waals surface area (Å²) in [5, 5.41) is 4.59. The standard InChI is InChI=1S/C21H20ClN3OS/c1-25(14-16-6-4-8-18(22)12-16)21(26)24-19-9-5-7-17(13-19)15-27-20-10-2-3-11-23-20/h2-13H,14-15H2,1H3,(H,24,26). The number of aromatic nitrogens is 1. The number of rotatable bonds is 6. The number of hydrogen-bond acceptors (Lipinski definition) is 3. The molecule has 0 aliphatic rings. The second-order valence-corrected chi connectivity index (χ2v) is 7.51. The minimum Gasteiger partial charge on any atom is -0.323 e. The Morgan fingerprint density at radius 3 is 2.67 bits per heavy atom. The number of benzene rings is 2. The number of nitrogens with zero attached hydrogens (tertiary/aromatic N) is 2. The highest BCUT2D eigenvalue weighted by molar-refractivity contribution is 7.98. The van der Waals surface area contributed by atoms with E-state index < -0.39 is 0 Å². The highest BCUT2D eigenvalue weighted by Crippen LogP contribution is 2.22. The van der Waals surface area contributed by atoms with Crippen LogP contribution in [0.4, 0.5) is 10.5 Å². The van der Waals surface area contributed by atoms with Crippen LogP contribution in [0.2, 0.25) is 5.02 Å².